The maximum absolute atomic E-state index is 6.18. The Morgan fingerprint density at radius 1 is 1.32 bits per heavy atom. The number of rotatable bonds is 7. The van der Waals surface area contributed by atoms with Gasteiger partial charge in [-0.1, -0.05) is 6.92 Å². The molecule has 0 bridgehead atoms. The van der Waals surface area contributed by atoms with Crippen molar-refractivity contribution in [2.45, 2.75) is 51.2 Å². The Labute approximate surface area is 116 Å². The van der Waals surface area contributed by atoms with Crippen LogP contribution in [0.25, 0.3) is 0 Å². The van der Waals surface area contributed by atoms with Crippen LogP contribution in [0.5, 0.6) is 0 Å². The molecule has 0 saturated carbocycles. The van der Waals surface area contributed by atoms with E-state index >= 15 is 0 Å². The van der Waals surface area contributed by atoms with Crippen LogP contribution < -0.4 is 5.32 Å². The molecular weight excluding hydrogens is 242 g/mol. The predicted octanol–water partition coefficient (Wildman–Crippen LogP) is 2.24. The highest BCUT2D eigenvalue weighted by atomic mass is 16.5. The summed E-state index contributed by atoms with van der Waals surface area (Å²) in [6.45, 7) is 8.33. The maximum Gasteiger partial charge on any atom is 0.112 e. The third kappa shape index (κ3) is 3.50. The fourth-order valence-electron chi connectivity index (χ4n) is 2.99. The molecule has 1 atom stereocenters. The second kappa shape index (κ2) is 7.27. The summed E-state index contributed by atoms with van der Waals surface area (Å²) in [7, 11) is 0. The molecule has 0 aliphatic carbocycles. The van der Waals surface area contributed by atoms with Gasteiger partial charge in [0.2, 0.25) is 0 Å². The number of hydrogen-bond acceptors (Lipinski definition) is 4. The van der Waals surface area contributed by atoms with Gasteiger partial charge >= 0.3 is 0 Å². The molecule has 0 radical (unpaired) electrons. The first kappa shape index (κ1) is 14.8. The van der Waals surface area contributed by atoms with Gasteiger partial charge in [-0.15, -0.1) is 0 Å². The molecule has 0 aromatic rings. The molecule has 110 valence electrons. The highest BCUT2D eigenvalue weighted by molar-refractivity contribution is 5.15. The molecule has 0 amide bonds. The van der Waals surface area contributed by atoms with Crippen molar-refractivity contribution in [1.29, 1.82) is 0 Å². The van der Waals surface area contributed by atoms with E-state index in [1.54, 1.807) is 0 Å². The van der Waals surface area contributed by atoms with Crippen molar-refractivity contribution in [3.63, 3.8) is 0 Å². The topological polar surface area (TPSA) is 39.7 Å². The van der Waals surface area contributed by atoms with E-state index in [0.29, 0.717) is 0 Å². The SMILES string of the molecule is CCCNC(C1=CCCO1)C1(OCC)CCOCC1. The minimum Gasteiger partial charge on any atom is -0.496 e. The van der Waals surface area contributed by atoms with E-state index in [2.05, 4.69) is 25.2 Å². The summed E-state index contributed by atoms with van der Waals surface area (Å²) >= 11 is 0. The van der Waals surface area contributed by atoms with E-state index in [1.165, 1.54) is 0 Å². The highest BCUT2D eigenvalue weighted by Gasteiger charge is 2.44. The van der Waals surface area contributed by atoms with Crippen LogP contribution in [0.1, 0.15) is 39.5 Å². The minimum absolute atomic E-state index is 0.166. The zero-order chi connectivity index (χ0) is 13.6. The van der Waals surface area contributed by atoms with Gasteiger partial charge in [-0.2, -0.15) is 0 Å². The summed E-state index contributed by atoms with van der Waals surface area (Å²) < 4.78 is 17.5. The third-order valence-corrected chi connectivity index (χ3v) is 3.91. The molecule has 4 nitrogen and oxygen atoms in total. The molecule has 2 aliphatic heterocycles. The summed E-state index contributed by atoms with van der Waals surface area (Å²) in [6.07, 6.45) is 6.20. The Bertz CT molecular complexity index is 292. The maximum atomic E-state index is 6.18. The summed E-state index contributed by atoms with van der Waals surface area (Å²) in [5.74, 6) is 1.07. The second-order valence-corrected chi connectivity index (χ2v) is 5.24. The van der Waals surface area contributed by atoms with E-state index in [9.17, 15) is 0 Å². The van der Waals surface area contributed by atoms with Crippen LogP contribution in [-0.2, 0) is 14.2 Å². The summed E-state index contributed by atoms with van der Waals surface area (Å²) in [4.78, 5) is 0. The van der Waals surface area contributed by atoms with Crippen LogP contribution in [0.4, 0.5) is 0 Å². The van der Waals surface area contributed by atoms with Crippen LogP contribution in [-0.4, -0.2) is 44.6 Å². The van der Waals surface area contributed by atoms with Crippen molar-refractivity contribution in [3.05, 3.63) is 11.8 Å². The fourth-order valence-corrected chi connectivity index (χ4v) is 2.99. The van der Waals surface area contributed by atoms with E-state index in [4.69, 9.17) is 14.2 Å². The molecule has 1 saturated heterocycles. The standard InChI is InChI=1S/C15H27NO3/c1-3-9-16-14(13-6-5-10-18-13)15(19-4-2)7-11-17-12-8-15/h6,14,16H,3-5,7-12H2,1-2H3. The molecule has 0 aromatic heterocycles. The monoisotopic (exact) mass is 269 g/mol. The van der Waals surface area contributed by atoms with E-state index in [1.807, 2.05) is 0 Å². The van der Waals surface area contributed by atoms with Gasteiger partial charge in [0, 0.05) is 39.1 Å². The molecule has 19 heavy (non-hydrogen) atoms. The number of hydrogen-bond donors (Lipinski definition) is 1. The Kier molecular flexibility index (Phi) is 5.67. The normalized spacial score (nSPS) is 23.8. The van der Waals surface area contributed by atoms with Crippen LogP contribution in [0.15, 0.2) is 11.8 Å². The molecule has 2 aliphatic rings. The van der Waals surface area contributed by atoms with Crippen LogP contribution >= 0.6 is 0 Å². The van der Waals surface area contributed by atoms with Gasteiger partial charge < -0.3 is 19.5 Å². The summed E-state index contributed by atoms with van der Waals surface area (Å²) in [5.41, 5.74) is -0.168. The lowest BCUT2D eigenvalue weighted by atomic mass is 9.84. The average molecular weight is 269 g/mol. The molecule has 4 heteroatoms. The predicted molar refractivity (Wildman–Crippen MR) is 75.1 cm³/mol. The van der Waals surface area contributed by atoms with Gasteiger partial charge in [-0.3, -0.25) is 0 Å². The first-order valence-electron chi connectivity index (χ1n) is 7.60. The van der Waals surface area contributed by atoms with Gasteiger partial charge in [0.1, 0.15) is 5.76 Å². The summed E-state index contributed by atoms with van der Waals surface area (Å²) in [5, 5.41) is 3.63. The van der Waals surface area contributed by atoms with Crippen molar-refractivity contribution >= 4 is 0 Å². The van der Waals surface area contributed by atoms with Crippen LogP contribution in [0, 0.1) is 0 Å². The van der Waals surface area contributed by atoms with E-state index in [-0.39, 0.29) is 11.6 Å². The Morgan fingerprint density at radius 2 is 2.11 bits per heavy atom. The lowest BCUT2D eigenvalue weighted by Crippen LogP contribution is -2.56. The lowest BCUT2D eigenvalue weighted by Gasteiger charge is -2.43. The fraction of sp³-hybridized carbons (Fsp3) is 0.867. The second-order valence-electron chi connectivity index (χ2n) is 5.24. The zero-order valence-electron chi connectivity index (χ0n) is 12.2. The van der Waals surface area contributed by atoms with Gasteiger partial charge in [0.15, 0.2) is 0 Å². The molecule has 1 N–H and O–H groups in total. The Morgan fingerprint density at radius 3 is 2.68 bits per heavy atom. The molecule has 1 unspecified atom stereocenters. The first-order chi connectivity index (χ1) is 9.32. The smallest absolute Gasteiger partial charge is 0.112 e. The van der Waals surface area contributed by atoms with Gasteiger partial charge in [-0.25, -0.2) is 0 Å². The highest BCUT2D eigenvalue weighted by Crippen LogP contribution is 2.34. The lowest BCUT2D eigenvalue weighted by molar-refractivity contribution is -0.126. The van der Waals surface area contributed by atoms with Crippen LogP contribution in [0.2, 0.25) is 0 Å². The molecule has 0 spiro atoms. The quantitative estimate of drug-likeness (QED) is 0.769. The minimum atomic E-state index is -0.168. The van der Waals surface area contributed by atoms with Gasteiger partial charge in [0.05, 0.1) is 18.2 Å². The average Bonchev–Trinajstić information content (AvgIpc) is 2.94. The molecular formula is C15H27NO3. The number of ether oxygens (including phenoxy) is 3. The van der Waals surface area contributed by atoms with E-state index in [0.717, 1.165) is 64.4 Å². The van der Waals surface area contributed by atoms with Gasteiger partial charge in [0.25, 0.3) is 0 Å². The Hall–Kier alpha value is -0.580. The van der Waals surface area contributed by atoms with Crippen molar-refractivity contribution in [3.8, 4) is 0 Å². The summed E-state index contributed by atoms with van der Waals surface area (Å²) in [6, 6.07) is 0.166. The number of nitrogens with one attached hydrogen (secondary N) is 1. The Balaban J connectivity index is 2.16. The van der Waals surface area contributed by atoms with Crippen molar-refractivity contribution in [2.24, 2.45) is 0 Å². The van der Waals surface area contributed by atoms with Crippen molar-refractivity contribution < 1.29 is 14.2 Å². The largest absolute Gasteiger partial charge is 0.496 e. The molecule has 1 fully saturated rings. The first-order valence-corrected chi connectivity index (χ1v) is 7.60. The van der Waals surface area contributed by atoms with Crippen molar-refractivity contribution in [1.82, 2.24) is 5.32 Å². The van der Waals surface area contributed by atoms with Gasteiger partial charge in [-0.05, 0) is 26.0 Å². The molecule has 2 heterocycles. The molecule has 0 aromatic carbocycles. The third-order valence-electron chi connectivity index (χ3n) is 3.91. The zero-order valence-corrected chi connectivity index (χ0v) is 12.2. The van der Waals surface area contributed by atoms with E-state index < -0.39 is 0 Å². The van der Waals surface area contributed by atoms with Crippen molar-refractivity contribution in [2.75, 3.05) is 33.0 Å². The van der Waals surface area contributed by atoms with Crippen LogP contribution in [0.3, 0.4) is 0 Å². The molecule has 2 rings (SSSR count).